The maximum atomic E-state index is 11.5. The van der Waals surface area contributed by atoms with Gasteiger partial charge in [0.2, 0.25) is 0 Å². The number of rotatable bonds is 7. The average Bonchev–Trinajstić information content (AvgIpc) is 2.51. The topological polar surface area (TPSA) is 20.3 Å². The van der Waals surface area contributed by atoms with Crippen LogP contribution < -0.4 is 0 Å². The predicted molar refractivity (Wildman–Crippen MR) is 71.4 cm³/mol. The van der Waals surface area contributed by atoms with E-state index in [0.717, 1.165) is 13.0 Å². The Labute approximate surface area is 112 Å². The van der Waals surface area contributed by atoms with Crippen molar-refractivity contribution in [3.8, 4) is 0 Å². The maximum absolute atomic E-state index is 11.5. The summed E-state index contributed by atoms with van der Waals surface area (Å²) >= 11 is 13.0. The van der Waals surface area contributed by atoms with Gasteiger partial charge in [0.15, 0.2) is 5.38 Å². The summed E-state index contributed by atoms with van der Waals surface area (Å²) in [5.74, 6) is -0.111. The van der Waals surface area contributed by atoms with Crippen molar-refractivity contribution in [3.63, 3.8) is 0 Å². The van der Waals surface area contributed by atoms with Gasteiger partial charge >= 0.3 is 0 Å². The summed E-state index contributed by atoms with van der Waals surface area (Å²) in [5.41, 5.74) is 0. The van der Waals surface area contributed by atoms with Gasteiger partial charge in [-0.05, 0) is 18.4 Å². The largest absolute Gasteiger partial charge is 0.283 e. The Morgan fingerprint density at radius 2 is 1.88 bits per heavy atom. The van der Waals surface area contributed by atoms with Crippen molar-refractivity contribution in [2.45, 2.75) is 50.2 Å². The van der Waals surface area contributed by atoms with Crippen LogP contribution in [-0.4, -0.2) is 21.5 Å². The lowest BCUT2D eigenvalue weighted by atomic mass is 10.1. The third kappa shape index (κ3) is 4.34. The Kier molecular flexibility index (Phi) is 6.94. The summed E-state index contributed by atoms with van der Waals surface area (Å²) in [5, 5.41) is 0.248. The van der Waals surface area contributed by atoms with E-state index >= 15 is 0 Å². The summed E-state index contributed by atoms with van der Waals surface area (Å²) in [6.45, 7) is 2.97. The molecule has 1 fully saturated rings. The van der Waals surface area contributed by atoms with Crippen LogP contribution in [0.4, 0.5) is 0 Å². The van der Waals surface area contributed by atoms with E-state index in [0.29, 0.717) is 0 Å². The SMILES string of the molecule is CCCCCCCCN1SC(Cl)[C](Cl)C1=O. The number of nitrogens with zero attached hydrogens (tertiary/aromatic N) is 1. The second-order valence-corrected chi connectivity index (χ2v) is 6.17. The van der Waals surface area contributed by atoms with E-state index in [1.54, 1.807) is 4.31 Å². The highest BCUT2D eigenvalue weighted by atomic mass is 35.5. The van der Waals surface area contributed by atoms with Crippen LogP contribution in [0.2, 0.25) is 0 Å². The Balaban J connectivity index is 2.08. The van der Waals surface area contributed by atoms with Crippen molar-refractivity contribution < 1.29 is 4.79 Å². The molecule has 93 valence electrons. The van der Waals surface area contributed by atoms with Crippen LogP contribution in [0.3, 0.4) is 0 Å². The van der Waals surface area contributed by atoms with Crippen molar-refractivity contribution >= 4 is 41.1 Å². The Morgan fingerprint density at radius 3 is 2.44 bits per heavy atom. The second kappa shape index (κ2) is 7.67. The van der Waals surface area contributed by atoms with Gasteiger partial charge in [-0.15, -0.1) is 23.2 Å². The van der Waals surface area contributed by atoms with E-state index in [1.807, 2.05) is 0 Å². The summed E-state index contributed by atoms with van der Waals surface area (Å²) in [6, 6.07) is 0. The second-order valence-electron chi connectivity index (χ2n) is 3.94. The van der Waals surface area contributed by atoms with E-state index in [1.165, 1.54) is 44.1 Å². The number of carbonyl (C=O) groups excluding carboxylic acids is 1. The van der Waals surface area contributed by atoms with Crippen molar-refractivity contribution in [2.24, 2.45) is 0 Å². The van der Waals surface area contributed by atoms with Gasteiger partial charge in [0.05, 0.1) is 0 Å². The van der Waals surface area contributed by atoms with Crippen LogP contribution in [0, 0.1) is 5.38 Å². The van der Waals surface area contributed by atoms with Crippen LogP contribution in [0.25, 0.3) is 0 Å². The third-order valence-electron chi connectivity index (χ3n) is 2.56. The molecule has 5 heteroatoms. The smallest absolute Gasteiger partial charge is 0.258 e. The van der Waals surface area contributed by atoms with Gasteiger partial charge in [-0.2, -0.15) is 0 Å². The number of carbonyl (C=O) groups is 1. The monoisotopic (exact) mass is 282 g/mol. The van der Waals surface area contributed by atoms with Gasteiger partial charge in [-0.25, -0.2) is 0 Å². The fraction of sp³-hybridized carbons (Fsp3) is 0.818. The summed E-state index contributed by atoms with van der Waals surface area (Å²) in [7, 11) is 0. The van der Waals surface area contributed by atoms with Gasteiger partial charge in [0, 0.05) is 6.54 Å². The molecule has 0 aromatic rings. The van der Waals surface area contributed by atoms with Crippen molar-refractivity contribution in [1.82, 2.24) is 4.31 Å². The molecule has 0 aromatic heterocycles. The molecule has 1 aliphatic heterocycles. The first kappa shape index (κ1) is 14.5. The quantitative estimate of drug-likeness (QED) is 0.397. The zero-order valence-corrected chi connectivity index (χ0v) is 11.9. The molecule has 1 atom stereocenters. The number of amides is 1. The molecule has 0 N–H and O–H groups in total. The van der Waals surface area contributed by atoms with Crippen LogP contribution in [-0.2, 0) is 4.79 Å². The zero-order chi connectivity index (χ0) is 12.0. The molecule has 2 nitrogen and oxygen atoms in total. The van der Waals surface area contributed by atoms with Crippen LogP contribution in [0.5, 0.6) is 0 Å². The lowest BCUT2D eigenvalue weighted by molar-refractivity contribution is -0.122. The van der Waals surface area contributed by atoms with E-state index in [2.05, 4.69) is 6.92 Å². The van der Waals surface area contributed by atoms with Crippen molar-refractivity contribution in [3.05, 3.63) is 5.38 Å². The van der Waals surface area contributed by atoms with Crippen LogP contribution in [0.1, 0.15) is 45.4 Å². The molecule has 1 saturated heterocycles. The van der Waals surface area contributed by atoms with Crippen LogP contribution in [0.15, 0.2) is 0 Å². The highest BCUT2D eigenvalue weighted by Crippen LogP contribution is 2.40. The minimum Gasteiger partial charge on any atom is -0.283 e. The first-order chi connectivity index (χ1) is 7.66. The molecule has 1 rings (SSSR count). The minimum atomic E-state index is -0.380. The summed E-state index contributed by atoms with van der Waals surface area (Å²) < 4.78 is 1.30. The first-order valence-electron chi connectivity index (χ1n) is 5.82. The van der Waals surface area contributed by atoms with E-state index in [4.69, 9.17) is 23.2 Å². The molecule has 1 aliphatic rings. The van der Waals surface area contributed by atoms with Gasteiger partial charge in [0.1, 0.15) is 4.71 Å². The Morgan fingerprint density at radius 1 is 1.25 bits per heavy atom. The van der Waals surface area contributed by atoms with Gasteiger partial charge in [-0.3, -0.25) is 9.10 Å². The molecule has 0 aromatic carbocycles. The molecule has 0 bridgehead atoms. The number of hydrogen-bond acceptors (Lipinski definition) is 2. The predicted octanol–water partition coefficient (Wildman–Crippen LogP) is 4.17. The molecule has 1 heterocycles. The average molecular weight is 283 g/mol. The van der Waals surface area contributed by atoms with Gasteiger partial charge in [-0.1, -0.05) is 39.0 Å². The number of unbranched alkanes of at least 4 members (excludes halogenated alkanes) is 5. The lowest BCUT2D eigenvalue weighted by Gasteiger charge is -2.13. The fourth-order valence-electron chi connectivity index (χ4n) is 1.61. The van der Waals surface area contributed by atoms with Crippen molar-refractivity contribution in [2.75, 3.05) is 6.54 Å². The number of alkyl halides is 1. The standard InChI is InChI=1S/C11H18Cl2NOS/c1-2-3-4-5-6-7-8-14-11(15)9(12)10(13)16-14/h10H,2-8H2,1H3. The fourth-order valence-corrected chi connectivity index (χ4v) is 3.11. The summed E-state index contributed by atoms with van der Waals surface area (Å²) in [6.07, 6.45) is 7.33. The Hall–Kier alpha value is 0.400. The van der Waals surface area contributed by atoms with Gasteiger partial charge in [0.25, 0.3) is 5.91 Å². The molecule has 16 heavy (non-hydrogen) atoms. The molecule has 0 spiro atoms. The minimum absolute atomic E-state index is 0.111. The Bertz CT molecular complexity index is 228. The summed E-state index contributed by atoms with van der Waals surface area (Å²) in [4.78, 5) is 11.5. The molecule has 0 aliphatic carbocycles. The zero-order valence-electron chi connectivity index (χ0n) is 9.55. The molecule has 0 saturated carbocycles. The normalized spacial score (nSPS) is 22.1. The van der Waals surface area contributed by atoms with E-state index < -0.39 is 0 Å². The maximum Gasteiger partial charge on any atom is 0.258 e. The highest BCUT2D eigenvalue weighted by Gasteiger charge is 2.39. The molecular formula is C11H18Cl2NOS. The molecule has 1 radical (unpaired) electrons. The lowest BCUT2D eigenvalue weighted by Crippen LogP contribution is -2.21. The van der Waals surface area contributed by atoms with E-state index in [-0.39, 0.29) is 16.0 Å². The van der Waals surface area contributed by atoms with Crippen molar-refractivity contribution in [1.29, 1.82) is 0 Å². The number of hydrogen-bond donors (Lipinski definition) is 0. The highest BCUT2D eigenvalue weighted by molar-refractivity contribution is 8.00. The van der Waals surface area contributed by atoms with E-state index in [9.17, 15) is 4.79 Å². The van der Waals surface area contributed by atoms with Gasteiger partial charge < -0.3 is 0 Å². The number of halogens is 2. The third-order valence-corrected chi connectivity index (χ3v) is 4.67. The first-order valence-corrected chi connectivity index (χ1v) is 7.47. The molecule has 1 unspecified atom stereocenters. The molecule has 1 amide bonds. The van der Waals surface area contributed by atoms with Crippen LogP contribution >= 0.6 is 35.1 Å². The molecular weight excluding hydrogens is 265 g/mol.